The van der Waals surface area contributed by atoms with Crippen LogP contribution < -0.4 is 10.1 Å². The Hall–Kier alpha value is -2.64. The summed E-state index contributed by atoms with van der Waals surface area (Å²) in [4.78, 5) is 18.9. The predicted octanol–water partition coefficient (Wildman–Crippen LogP) is 2.72. The highest BCUT2D eigenvalue weighted by molar-refractivity contribution is 5.92. The van der Waals surface area contributed by atoms with E-state index in [1.807, 2.05) is 29.2 Å². The Balaban J connectivity index is 1.27. The summed E-state index contributed by atoms with van der Waals surface area (Å²) < 4.78 is 16.7. The second kappa shape index (κ2) is 8.80. The molecule has 2 aliphatic heterocycles. The molecule has 1 spiro atoms. The predicted molar refractivity (Wildman–Crippen MR) is 109 cm³/mol. The van der Waals surface area contributed by atoms with Crippen molar-refractivity contribution < 1.29 is 19.0 Å². The summed E-state index contributed by atoms with van der Waals surface area (Å²) >= 11 is 0. The zero-order valence-corrected chi connectivity index (χ0v) is 16.7. The normalized spacial score (nSPS) is 18.0. The largest absolute Gasteiger partial charge is 0.497 e. The van der Waals surface area contributed by atoms with Crippen molar-refractivity contribution in [1.82, 2.24) is 9.88 Å². The molecule has 29 heavy (non-hydrogen) atoms. The number of hydrogen-bond acceptors (Lipinski definition) is 6. The van der Waals surface area contributed by atoms with Gasteiger partial charge in [-0.2, -0.15) is 0 Å². The lowest BCUT2D eigenvalue weighted by Gasteiger charge is -2.37. The number of methoxy groups -OCH3 is 1. The van der Waals surface area contributed by atoms with Gasteiger partial charge in [0.2, 0.25) is 0 Å². The van der Waals surface area contributed by atoms with Gasteiger partial charge in [-0.3, -0.25) is 4.79 Å². The van der Waals surface area contributed by atoms with Gasteiger partial charge in [-0.15, -0.1) is 0 Å². The first-order valence-corrected chi connectivity index (χ1v) is 10.1. The Morgan fingerprint density at radius 2 is 2.00 bits per heavy atom. The van der Waals surface area contributed by atoms with Gasteiger partial charge in [0.15, 0.2) is 5.79 Å². The van der Waals surface area contributed by atoms with Crippen LogP contribution in [0.4, 0.5) is 5.69 Å². The number of piperidine rings is 1. The van der Waals surface area contributed by atoms with Gasteiger partial charge in [-0.1, -0.05) is 12.1 Å². The number of benzene rings is 1. The fourth-order valence-electron chi connectivity index (χ4n) is 3.80. The van der Waals surface area contributed by atoms with Crippen LogP contribution >= 0.6 is 0 Å². The Bertz CT molecular complexity index is 824. The van der Waals surface area contributed by atoms with Crippen molar-refractivity contribution in [3.05, 3.63) is 53.9 Å². The molecule has 2 saturated heterocycles. The number of nitrogens with one attached hydrogen (secondary N) is 1. The number of likely N-dealkylation sites (tertiary alicyclic amines) is 1. The van der Waals surface area contributed by atoms with Crippen molar-refractivity contribution in [3.63, 3.8) is 0 Å². The smallest absolute Gasteiger partial charge is 0.272 e. The van der Waals surface area contributed by atoms with Gasteiger partial charge in [0.25, 0.3) is 5.91 Å². The van der Waals surface area contributed by atoms with E-state index < -0.39 is 5.79 Å². The summed E-state index contributed by atoms with van der Waals surface area (Å²) in [6.07, 6.45) is 4.01. The van der Waals surface area contributed by atoms with Gasteiger partial charge in [-0.25, -0.2) is 4.98 Å². The molecule has 1 amide bonds. The number of hydrogen-bond donors (Lipinski definition) is 1. The van der Waals surface area contributed by atoms with E-state index in [1.54, 1.807) is 19.4 Å². The number of carbonyl (C=O) groups is 1. The van der Waals surface area contributed by atoms with Crippen molar-refractivity contribution in [3.8, 4) is 5.75 Å². The highest BCUT2D eigenvalue weighted by atomic mass is 16.7. The van der Waals surface area contributed by atoms with Gasteiger partial charge < -0.3 is 24.4 Å². The third kappa shape index (κ3) is 4.68. The van der Waals surface area contributed by atoms with E-state index in [9.17, 15) is 4.79 Å². The average Bonchev–Trinajstić information content (AvgIpc) is 3.22. The van der Waals surface area contributed by atoms with E-state index in [1.165, 1.54) is 5.56 Å². The summed E-state index contributed by atoms with van der Waals surface area (Å²) in [6, 6.07) is 11.7. The van der Waals surface area contributed by atoms with Crippen molar-refractivity contribution in [1.29, 1.82) is 0 Å². The van der Waals surface area contributed by atoms with E-state index in [4.69, 9.17) is 14.2 Å². The van der Waals surface area contributed by atoms with Gasteiger partial charge in [-0.05, 0) is 36.2 Å². The Labute approximate surface area is 171 Å². The van der Waals surface area contributed by atoms with E-state index in [0.717, 1.165) is 24.4 Å². The lowest BCUT2D eigenvalue weighted by atomic mass is 10.0. The van der Waals surface area contributed by atoms with Crippen molar-refractivity contribution in [2.75, 3.05) is 45.3 Å². The molecule has 0 atom stereocenters. The third-order valence-corrected chi connectivity index (χ3v) is 5.49. The topological polar surface area (TPSA) is 72.9 Å². The fourth-order valence-corrected chi connectivity index (χ4v) is 3.80. The molecule has 1 N–H and O–H groups in total. The van der Waals surface area contributed by atoms with Crippen LogP contribution in [0.5, 0.6) is 5.75 Å². The van der Waals surface area contributed by atoms with Crippen LogP contribution in [-0.2, 0) is 15.9 Å². The molecule has 0 aliphatic carbocycles. The first-order chi connectivity index (χ1) is 14.2. The molecule has 1 aromatic heterocycles. The van der Waals surface area contributed by atoms with Crippen LogP contribution in [0.1, 0.15) is 28.9 Å². The number of carbonyl (C=O) groups excluding carboxylic acids is 1. The summed E-state index contributed by atoms with van der Waals surface area (Å²) in [6.45, 7) is 3.31. The number of pyridine rings is 1. The molecular weight excluding hydrogens is 370 g/mol. The number of anilines is 1. The highest BCUT2D eigenvalue weighted by Gasteiger charge is 2.40. The van der Waals surface area contributed by atoms with Gasteiger partial charge in [0.05, 0.1) is 32.2 Å². The number of ether oxygens (including phenoxy) is 3. The molecule has 0 saturated carbocycles. The second-order valence-corrected chi connectivity index (χ2v) is 7.36. The van der Waals surface area contributed by atoms with Crippen LogP contribution in [0, 0.1) is 0 Å². The van der Waals surface area contributed by atoms with E-state index in [0.29, 0.717) is 44.8 Å². The molecule has 3 heterocycles. The molecule has 1 aromatic carbocycles. The molecule has 7 nitrogen and oxygen atoms in total. The molecule has 0 unspecified atom stereocenters. The lowest BCUT2D eigenvalue weighted by molar-refractivity contribution is -0.181. The number of rotatable bonds is 6. The summed E-state index contributed by atoms with van der Waals surface area (Å²) in [5, 5.41) is 3.35. The molecule has 4 rings (SSSR count). The van der Waals surface area contributed by atoms with E-state index in [-0.39, 0.29) is 5.91 Å². The molecule has 0 bridgehead atoms. The van der Waals surface area contributed by atoms with Crippen molar-refractivity contribution in [2.24, 2.45) is 0 Å². The standard InChI is InChI=1S/C22H27N3O4/c1-27-19-4-2-3-17(15-19)7-10-23-18-5-6-20(24-16-18)21(26)25-11-8-22(9-12-25)28-13-14-29-22/h2-6,15-16,23H,7-14H2,1H3. The monoisotopic (exact) mass is 397 g/mol. The molecule has 154 valence electrons. The maximum Gasteiger partial charge on any atom is 0.272 e. The third-order valence-electron chi connectivity index (χ3n) is 5.49. The molecule has 7 heteroatoms. The van der Waals surface area contributed by atoms with Crippen molar-refractivity contribution in [2.45, 2.75) is 25.0 Å². The summed E-state index contributed by atoms with van der Waals surface area (Å²) in [5.41, 5.74) is 2.57. The quantitative estimate of drug-likeness (QED) is 0.808. The zero-order valence-electron chi connectivity index (χ0n) is 16.7. The minimum atomic E-state index is -0.471. The average molecular weight is 397 g/mol. The maximum absolute atomic E-state index is 12.7. The first kappa shape index (κ1) is 19.7. The molecule has 2 aromatic rings. The first-order valence-electron chi connectivity index (χ1n) is 10.1. The van der Waals surface area contributed by atoms with Crippen LogP contribution in [0.2, 0.25) is 0 Å². The Morgan fingerprint density at radius 1 is 1.21 bits per heavy atom. The minimum absolute atomic E-state index is 0.0409. The zero-order chi connectivity index (χ0) is 20.1. The van der Waals surface area contributed by atoms with Gasteiger partial charge >= 0.3 is 0 Å². The highest BCUT2D eigenvalue weighted by Crippen LogP contribution is 2.31. The maximum atomic E-state index is 12.7. The minimum Gasteiger partial charge on any atom is -0.497 e. The van der Waals surface area contributed by atoms with Crippen LogP contribution in [0.3, 0.4) is 0 Å². The number of aromatic nitrogens is 1. The summed E-state index contributed by atoms with van der Waals surface area (Å²) in [7, 11) is 1.67. The Kier molecular flexibility index (Phi) is 5.97. The van der Waals surface area contributed by atoms with E-state index in [2.05, 4.69) is 16.4 Å². The number of amides is 1. The van der Waals surface area contributed by atoms with Crippen LogP contribution in [0.25, 0.3) is 0 Å². The SMILES string of the molecule is COc1cccc(CCNc2ccc(C(=O)N3CCC4(CC3)OCCO4)nc2)c1. The molecule has 0 radical (unpaired) electrons. The second-order valence-electron chi connectivity index (χ2n) is 7.36. The van der Waals surface area contributed by atoms with Gasteiger partial charge in [0, 0.05) is 32.5 Å². The van der Waals surface area contributed by atoms with Gasteiger partial charge in [0.1, 0.15) is 11.4 Å². The van der Waals surface area contributed by atoms with E-state index >= 15 is 0 Å². The van der Waals surface area contributed by atoms with Crippen LogP contribution in [0.15, 0.2) is 42.6 Å². The Morgan fingerprint density at radius 3 is 2.69 bits per heavy atom. The lowest BCUT2D eigenvalue weighted by Crippen LogP contribution is -2.47. The molecule has 2 fully saturated rings. The van der Waals surface area contributed by atoms with Crippen LogP contribution in [-0.4, -0.2) is 61.5 Å². The molecule has 2 aliphatic rings. The fraction of sp³-hybridized carbons (Fsp3) is 0.455. The van der Waals surface area contributed by atoms with Crippen molar-refractivity contribution >= 4 is 11.6 Å². The number of nitrogens with zero attached hydrogens (tertiary/aromatic N) is 2. The summed E-state index contributed by atoms with van der Waals surface area (Å²) in [5.74, 6) is 0.350. The molecular formula is C22H27N3O4.